The normalized spacial score (nSPS) is 12.5. The molecule has 156 valence electrons. The SMILES string of the molecule is CCO[C@H](C(=O)NCc1ccc(C(N)=NO)cc1)c1nc(C)n(-c2ccccc2)n1. The summed E-state index contributed by atoms with van der Waals surface area (Å²) in [6, 6.07) is 16.6. The van der Waals surface area contributed by atoms with Gasteiger partial charge in [-0.15, -0.1) is 5.10 Å². The highest BCUT2D eigenvalue weighted by molar-refractivity contribution is 5.96. The Labute approximate surface area is 174 Å². The highest BCUT2D eigenvalue weighted by atomic mass is 16.5. The molecule has 0 spiro atoms. The Morgan fingerprint density at radius 3 is 2.57 bits per heavy atom. The third kappa shape index (κ3) is 4.81. The molecule has 0 bridgehead atoms. The molecule has 1 aromatic heterocycles. The number of nitrogens with zero attached hydrogens (tertiary/aromatic N) is 4. The molecule has 0 aliphatic heterocycles. The summed E-state index contributed by atoms with van der Waals surface area (Å²) in [6.07, 6.45) is -0.921. The van der Waals surface area contributed by atoms with E-state index in [9.17, 15) is 4.79 Å². The van der Waals surface area contributed by atoms with E-state index in [0.29, 0.717) is 23.8 Å². The number of carbonyl (C=O) groups is 1. The lowest BCUT2D eigenvalue weighted by atomic mass is 10.1. The standard InChI is InChI=1S/C21H24N6O3/c1-3-30-18(20-24-14(2)27(25-20)17-7-5-4-6-8-17)21(28)23-13-15-9-11-16(12-10-15)19(22)26-29/h4-12,18,29H,3,13H2,1-2H3,(H2,22,26)(H,23,28)/t18-/m0/s1. The summed E-state index contributed by atoms with van der Waals surface area (Å²) in [6.45, 7) is 4.27. The maximum absolute atomic E-state index is 12.8. The number of oxime groups is 1. The number of ether oxygens (including phenoxy) is 1. The van der Waals surface area contributed by atoms with Gasteiger partial charge in [0, 0.05) is 18.7 Å². The molecule has 0 saturated carbocycles. The molecule has 0 fully saturated rings. The number of nitrogens with two attached hydrogens (primary N) is 1. The minimum atomic E-state index is -0.921. The van der Waals surface area contributed by atoms with Gasteiger partial charge >= 0.3 is 0 Å². The first kappa shape index (κ1) is 21.0. The van der Waals surface area contributed by atoms with E-state index in [-0.39, 0.29) is 18.3 Å². The third-order valence-electron chi connectivity index (χ3n) is 4.42. The van der Waals surface area contributed by atoms with Crippen molar-refractivity contribution in [3.63, 3.8) is 0 Å². The van der Waals surface area contributed by atoms with E-state index in [0.717, 1.165) is 11.3 Å². The van der Waals surface area contributed by atoms with Crippen LogP contribution < -0.4 is 11.1 Å². The van der Waals surface area contributed by atoms with E-state index in [1.54, 1.807) is 28.9 Å². The quantitative estimate of drug-likeness (QED) is 0.227. The number of nitrogens with one attached hydrogen (secondary N) is 1. The third-order valence-corrected chi connectivity index (χ3v) is 4.42. The second-order valence-corrected chi connectivity index (χ2v) is 6.50. The van der Waals surface area contributed by atoms with Crippen LogP contribution in [0.15, 0.2) is 59.8 Å². The Bertz CT molecular complexity index is 1010. The summed E-state index contributed by atoms with van der Waals surface area (Å²) >= 11 is 0. The topological polar surface area (TPSA) is 128 Å². The summed E-state index contributed by atoms with van der Waals surface area (Å²) in [5.74, 6) is 0.658. The molecule has 9 nitrogen and oxygen atoms in total. The Kier molecular flexibility index (Phi) is 6.76. The van der Waals surface area contributed by atoms with Crippen molar-refractivity contribution >= 4 is 11.7 Å². The molecule has 0 unspecified atom stereocenters. The lowest BCUT2D eigenvalue weighted by Crippen LogP contribution is -2.31. The van der Waals surface area contributed by atoms with Gasteiger partial charge in [0.1, 0.15) is 5.82 Å². The van der Waals surface area contributed by atoms with E-state index < -0.39 is 6.10 Å². The summed E-state index contributed by atoms with van der Waals surface area (Å²) in [4.78, 5) is 17.2. The van der Waals surface area contributed by atoms with Crippen molar-refractivity contribution in [3.8, 4) is 5.69 Å². The fourth-order valence-electron chi connectivity index (χ4n) is 2.90. The van der Waals surface area contributed by atoms with E-state index in [1.807, 2.05) is 44.2 Å². The van der Waals surface area contributed by atoms with Gasteiger partial charge < -0.3 is 21.0 Å². The smallest absolute Gasteiger partial charge is 0.257 e. The Morgan fingerprint density at radius 1 is 1.23 bits per heavy atom. The lowest BCUT2D eigenvalue weighted by molar-refractivity contribution is -0.133. The average molecular weight is 408 g/mol. The van der Waals surface area contributed by atoms with Crippen LogP contribution in [-0.4, -0.2) is 38.3 Å². The van der Waals surface area contributed by atoms with E-state index in [4.69, 9.17) is 15.7 Å². The summed E-state index contributed by atoms with van der Waals surface area (Å²) < 4.78 is 7.32. The molecule has 2 aromatic carbocycles. The van der Waals surface area contributed by atoms with E-state index in [2.05, 4.69) is 20.6 Å². The van der Waals surface area contributed by atoms with Crippen LogP contribution in [0.4, 0.5) is 0 Å². The number of para-hydroxylation sites is 1. The largest absolute Gasteiger partial charge is 0.409 e. The molecule has 9 heteroatoms. The predicted molar refractivity (Wildman–Crippen MR) is 111 cm³/mol. The van der Waals surface area contributed by atoms with Crippen molar-refractivity contribution in [2.45, 2.75) is 26.5 Å². The van der Waals surface area contributed by atoms with Crippen molar-refractivity contribution in [2.24, 2.45) is 10.9 Å². The van der Waals surface area contributed by atoms with Crippen LogP contribution in [0.25, 0.3) is 5.69 Å². The molecule has 3 aromatic rings. The summed E-state index contributed by atoms with van der Waals surface area (Å²) in [7, 11) is 0. The van der Waals surface area contributed by atoms with E-state index in [1.165, 1.54) is 0 Å². The second-order valence-electron chi connectivity index (χ2n) is 6.50. The number of rotatable bonds is 8. The number of benzene rings is 2. The van der Waals surface area contributed by atoms with Gasteiger partial charge in [-0.25, -0.2) is 9.67 Å². The fraction of sp³-hybridized carbons (Fsp3) is 0.238. The molecule has 0 aliphatic carbocycles. The first-order valence-corrected chi connectivity index (χ1v) is 9.48. The second kappa shape index (κ2) is 9.66. The highest BCUT2D eigenvalue weighted by Crippen LogP contribution is 2.17. The van der Waals surface area contributed by atoms with Gasteiger partial charge in [-0.3, -0.25) is 4.79 Å². The number of carbonyl (C=O) groups excluding carboxylic acids is 1. The zero-order valence-electron chi connectivity index (χ0n) is 16.8. The van der Waals surface area contributed by atoms with Crippen molar-refractivity contribution < 1.29 is 14.7 Å². The molecule has 1 amide bonds. The van der Waals surface area contributed by atoms with Gasteiger partial charge in [-0.05, 0) is 31.5 Å². The molecule has 1 heterocycles. The van der Waals surface area contributed by atoms with Crippen molar-refractivity contribution in [1.82, 2.24) is 20.1 Å². The number of aryl methyl sites for hydroxylation is 1. The fourth-order valence-corrected chi connectivity index (χ4v) is 2.90. The molecule has 1 atom stereocenters. The number of aromatic nitrogens is 3. The minimum absolute atomic E-state index is 0.0254. The number of amidine groups is 1. The van der Waals surface area contributed by atoms with Gasteiger partial charge in [0.05, 0.1) is 5.69 Å². The predicted octanol–water partition coefficient (Wildman–Crippen LogP) is 2.06. The van der Waals surface area contributed by atoms with Crippen LogP contribution in [0, 0.1) is 6.92 Å². The average Bonchev–Trinajstić information content (AvgIpc) is 3.17. The zero-order valence-corrected chi connectivity index (χ0v) is 16.8. The van der Waals surface area contributed by atoms with Gasteiger partial charge in [0.25, 0.3) is 5.91 Å². The van der Waals surface area contributed by atoms with Crippen LogP contribution in [0.3, 0.4) is 0 Å². The molecule has 0 saturated heterocycles. The molecule has 0 aliphatic rings. The Morgan fingerprint density at radius 2 is 1.93 bits per heavy atom. The number of hydrogen-bond acceptors (Lipinski definition) is 6. The number of hydrogen-bond donors (Lipinski definition) is 3. The van der Waals surface area contributed by atoms with Gasteiger partial charge in [-0.2, -0.15) is 0 Å². The van der Waals surface area contributed by atoms with Crippen LogP contribution in [-0.2, 0) is 16.1 Å². The first-order valence-electron chi connectivity index (χ1n) is 9.48. The van der Waals surface area contributed by atoms with Crippen molar-refractivity contribution in [3.05, 3.63) is 77.4 Å². The Hall–Kier alpha value is -3.72. The molecule has 0 radical (unpaired) electrons. The highest BCUT2D eigenvalue weighted by Gasteiger charge is 2.26. The maximum Gasteiger partial charge on any atom is 0.257 e. The van der Waals surface area contributed by atoms with Crippen LogP contribution >= 0.6 is 0 Å². The van der Waals surface area contributed by atoms with E-state index >= 15 is 0 Å². The van der Waals surface area contributed by atoms with Crippen molar-refractivity contribution in [1.29, 1.82) is 0 Å². The van der Waals surface area contributed by atoms with Crippen LogP contribution in [0.2, 0.25) is 0 Å². The number of amides is 1. The monoisotopic (exact) mass is 408 g/mol. The van der Waals surface area contributed by atoms with Gasteiger partial charge in [0.2, 0.25) is 0 Å². The molecule has 4 N–H and O–H groups in total. The summed E-state index contributed by atoms with van der Waals surface area (Å²) in [5, 5.41) is 19.0. The van der Waals surface area contributed by atoms with Crippen molar-refractivity contribution in [2.75, 3.05) is 6.61 Å². The summed E-state index contributed by atoms with van der Waals surface area (Å²) in [5.41, 5.74) is 7.86. The Balaban J connectivity index is 1.72. The zero-order chi connectivity index (χ0) is 21.5. The van der Waals surface area contributed by atoms with Crippen LogP contribution in [0.1, 0.15) is 35.8 Å². The lowest BCUT2D eigenvalue weighted by Gasteiger charge is -2.14. The van der Waals surface area contributed by atoms with Gasteiger partial charge in [-0.1, -0.05) is 47.6 Å². The molecular formula is C21H24N6O3. The molecular weight excluding hydrogens is 384 g/mol. The first-order chi connectivity index (χ1) is 14.5. The molecule has 3 rings (SSSR count). The van der Waals surface area contributed by atoms with Crippen LogP contribution in [0.5, 0.6) is 0 Å². The van der Waals surface area contributed by atoms with Gasteiger partial charge in [0.15, 0.2) is 17.8 Å². The molecule has 30 heavy (non-hydrogen) atoms. The minimum Gasteiger partial charge on any atom is -0.409 e. The maximum atomic E-state index is 12.8.